The molecule has 0 aromatic carbocycles. The summed E-state index contributed by atoms with van der Waals surface area (Å²) in [5.74, 6) is 0.691. The first kappa shape index (κ1) is 15.9. The molecule has 1 atom stereocenters. The third kappa shape index (κ3) is 4.02. The Morgan fingerprint density at radius 3 is 2.81 bits per heavy atom. The summed E-state index contributed by atoms with van der Waals surface area (Å²) < 4.78 is 5.40. The van der Waals surface area contributed by atoms with Crippen LogP contribution in [0.4, 0.5) is 0 Å². The van der Waals surface area contributed by atoms with E-state index in [9.17, 15) is 0 Å². The number of aromatic nitrogens is 2. The highest BCUT2D eigenvalue weighted by Gasteiger charge is 2.18. The molecule has 0 saturated carbocycles. The quantitative estimate of drug-likeness (QED) is 0.851. The zero-order valence-electron chi connectivity index (χ0n) is 13.1. The smallest absolute Gasteiger partial charge is 0.217 e. The van der Waals surface area contributed by atoms with Gasteiger partial charge in [0.1, 0.15) is 0 Å². The largest absolute Gasteiger partial charge is 0.481 e. The minimum absolute atomic E-state index is 0.179. The summed E-state index contributed by atoms with van der Waals surface area (Å²) >= 11 is 1.77. The molecule has 1 N–H and O–H groups in total. The van der Waals surface area contributed by atoms with Crippen LogP contribution in [0.25, 0.3) is 0 Å². The van der Waals surface area contributed by atoms with E-state index in [-0.39, 0.29) is 6.04 Å². The zero-order valence-corrected chi connectivity index (χ0v) is 14.0. The molecule has 2 rings (SSSR count). The lowest BCUT2D eigenvalue weighted by Crippen LogP contribution is -2.24. The maximum atomic E-state index is 5.40. The summed E-state index contributed by atoms with van der Waals surface area (Å²) in [6.45, 7) is 7.32. The van der Waals surface area contributed by atoms with Crippen LogP contribution in [0.3, 0.4) is 0 Å². The first-order valence-electron chi connectivity index (χ1n) is 7.30. The van der Waals surface area contributed by atoms with Crippen LogP contribution < -0.4 is 10.1 Å². The lowest BCUT2D eigenvalue weighted by Gasteiger charge is -2.19. The fourth-order valence-electron chi connectivity index (χ4n) is 2.25. The van der Waals surface area contributed by atoms with Gasteiger partial charge >= 0.3 is 0 Å². The van der Waals surface area contributed by atoms with Crippen molar-refractivity contribution in [2.75, 3.05) is 13.7 Å². The number of rotatable bonds is 7. The zero-order chi connectivity index (χ0) is 15.2. The monoisotopic (exact) mass is 305 g/mol. The molecule has 21 heavy (non-hydrogen) atoms. The van der Waals surface area contributed by atoms with Crippen molar-refractivity contribution >= 4 is 11.3 Å². The normalized spacial score (nSPS) is 12.4. The van der Waals surface area contributed by atoms with Gasteiger partial charge < -0.3 is 10.1 Å². The van der Waals surface area contributed by atoms with Gasteiger partial charge in [-0.2, -0.15) is 0 Å². The van der Waals surface area contributed by atoms with Crippen LogP contribution in [0.15, 0.2) is 18.3 Å². The van der Waals surface area contributed by atoms with Crippen molar-refractivity contribution in [3.05, 3.63) is 39.5 Å². The summed E-state index contributed by atoms with van der Waals surface area (Å²) in [5, 5.41) is 4.74. The molecule has 2 heterocycles. The fourth-order valence-corrected chi connectivity index (χ4v) is 3.23. The van der Waals surface area contributed by atoms with E-state index >= 15 is 0 Å². The molecule has 0 fully saturated rings. The highest BCUT2D eigenvalue weighted by molar-refractivity contribution is 7.11. The fraction of sp³-hybridized carbons (Fsp3) is 0.500. The van der Waals surface area contributed by atoms with Crippen LogP contribution in [-0.2, 0) is 6.42 Å². The van der Waals surface area contributed by atoms with Gasteiger partial charge in [-0.3, -0.25) is 0 Å². The van der Waals surface area contributed by atoms with E-state index in [0.29, 0.717) is 5.88 Å². The van der Waals surface area contributed by atoms with Crippen LogP contribution in [0.2, 0.25) is 0 Å². The molecular formula is C16H23N3OS. The molecule has 0 radical (unpaired) electrons. The van der Waals surface area contributed by atoms with Gasteiger partial charge in [-0.05, 0) is 32.9 Å². The molecule has 1 unspecified atom stereocenters. The minimum Gasteiger partial charge on any atom is -0.481 e. The second kappa shape index (κ2) is 7.52. The van der Waals surface area contributed by atoms with Crippen molar-refractivity contribution in [1.29, 1.82) is 0 Å². The summed E-state index contributed by atoms with van der Waals surface area (Å²) in [7, 11) is 1.67. The lowest BCUT2D eigenvalue weighted by atomic mass is 10.1. The van der Waals surface area contributed by atoms with Crippen LogP contribution in [0.1, 0.15) is 40.5 Å². The SMILES string of the molecule is CCCNC(Cc1nc(C)c(C)s1)c1cccnc1OC. The van der Waals surface area contributed by atoms with Crippen molar-refractivity contribution in [1.82, 2.24) is 15.3 Å². The number of hydrogen-bond acceptors (Lipinski definition) is 5. The van der Waals surface area contributed by atoms with Gasteiger partial charge in [0.05, 0.1) is 17.8 Å². The molecule has 0 bridgehead atoms. The maximum Gasteiger partial charge on any atom is 0.217 e. The van der Waals surface area contributed by atoms with Crippen molar-refractivity contribution < 1.29 is 4.74 Å². The average molecular weight is 305 g/mol. The molecule has 0 spiro atoms. The van der Waals surface area contributed by atoms with Crippen molar-refractivity contribution in [2.45, 2.75) is 39.7 Å². The summed E-state index contributed by atoms with van der Waals surface area (Å²) in [4.78, 5) is 10.3. The van der Waals surface area contributed by atoms with Crippen molar-refractivity contribution in [3.8, 4) is 5.88 Å². The number of nitrogens with one attached hydrogen (secondary N) is 1. The van der Waals surface area contributed by atoms with Gasteiger partial charge in [0.2, 0.25) is 5.88 Å². The molecule has 2 aromatic heterocycles. The van der Waals surface area contributed by atoms with E-state index < -0.39 is 0 Å². The number of methoxy groups -OCH3 is 1. The Morgan fingerprint density at radius 2 is 2.19 bits per heavy atom. The van der Waals surface area contributed by atoms with E-state index in [0.717, 1.165) is 35.7 Å². The van der Waals surface area contributed by atoms with Crippen LogP contribution >= 0.6 is 11.3 Å². The maximum absolute atomic E-state index is 5.40. The van der Waals surface area contributed by atoms with Gasteiger partial charge in [0.15, 0.2) is 0 Å². The molecule has 0 amide bonds. The van der Waals surface area contributed by atoms with E-state index in [4.69, 9.17) is 4.74 Å². The van der Waals surface area contributed by atoms with Gasteiger partial charge in [0.25, 0.3) is 0 Å². The van der Waals surface area contributed by atoms with Gasteiger partial charge in [-0.1, -0.05) is 13.0 Å². The van der Waals surface area contributed by atoms with E-state index in [2.05, 4.69) is 42.1 Å². The van der Waals surface area contributed by atoms with Crippen LogP contribution in [0, 0.1) is 13.8 Å². The van der Waals surface area contributed by atoms with Gasteiger partial charge in [-0.15, -0.1) is 11.3 Å². The first-order valence-corrected chi connectivity index (χ1v) is 8.12. The van der Waals surface area contributed by atoms with Crippen molar-refractivity contribution in [2.24, 2.45) is 0 Å². The molecule has 5 heteroatoms. The van der Waals surface area contributed by atoms with Gasteiger partial charge in [-0.25, -0.2) is 9.97 Å². The van der Waals surface area contributed by atoms with Crippen LogP contribution in [-0.4, -0.2) is 23.6 Å². The molecular weight excluding hydrogens is 282 g/mol. The van der Waals surface area contributed by atoms with Gasteiger partial charge in [0, 0.05) is 29.1 Å². The number of ether oxygens (including phenoxy) is 1. The average Bonchev–Trinajstić information content (AvgIpc) is 2.81. The van der Waals surface area contributed by atoms with E-state index in [1.54, 1.807) is 24.6 Å². The van der Waals surface area contributed by atoms with E-state index in [1.165, 1.54) is 4.88 Å². The Hall–Kier alpha value is -1.46. The number of aryl methyl sites for hydroxylation is 2. The third-order valence-corrected chi connectivity index (χ3v) is 4.56. The summed E-state index contributed by atoms with van der Waals surface area (Å²) in [6, 6.07) is 4.21. The lowest BCUT2D eigenvalue weighted by molar-refractivity contribution is 0.381. The summed E-state index contributed by atoms with van der Waals surface area (Å²) in [6.07, 6.45) is 3.72. The molecule has 0 aliphatic rings. The highest BCUT2D eigenvalue weighted by atomic mass is 32.1. The third-order valence-electron chi connectivity index (χ3n) is 3.46. The van der Waals surface area contributed by atoms with Crippen LogP contribution in [0.5, 0.6) is 5.88 Å². The standard InChI is InChI=1S/C16H23N3OS/c1-5-8-17-14(10-15-19-11(2)12(3)21-15)13-7-6-9-18-16(13)20-4/h6-7,9,14,17H,5,8,10H2,1-4H3. The molecule has 114 valence electrons. The second-order valence-corrected chi connectivity index (χ2v) is 6.35. The Morgan fingerprint density at radius 1 is 1.38 bits per heavy atom. The number of thiazole rings is 1. The summed E-state index contributed by atoms with van der Waals surface area (Å²) in [5.41, 5.74) is 2.22. The topological polar surface area (TPSA) is 47.0 Å². The Bertz CT molecular complexity index is 563. The Labute approximate surface area is 130 Å². The predicted octanol–water partition coefficient (Wildman–Crippen LogP) is 3.45. The second-order valence-electron chi connectivity index (χ2n) is 5.06. The molecule has 0 aliphatic heterocycles. The number of nitrogens with zero attached hydrogens (tertiary/aromatic N) is 2. The first-order chi connectivity index (χ1) is 10.2. The van der Waals surface area contributed by atoms with Crippen molar-refractivity contribution in [3.63, 3.8) is 0 Å². The number of pyridine rings is 1. The highest BCUT2D eigenvalue weighted by Crippen LogP contribution is 2.28. The molecule has 0 saturated heterocycles. The molecule has 2 aromatic rings. The Kier molecular flexibility index (Phi) is 5.70. The van der Waals surface area contributed by atoms with E-state index in [1.807, 2.05) is 6.07 Å². The predicted molar refractivity (Wildman–Crippen MR) is 87.1 cm³/mol. The minimum atomic E-state index is 0.179. The molecule has 4 nitrogen and oxygen atoms in total. The molecule has 0 aliphatic carbocycles. The Balaban J connectivity index is 2.25. The number of hydrogen-bond donors (Lipinski definition) is 1.